The Balaban J connectivity index is 1.19. The molecule has 3 heteroatoms. The number of hydrogen-bond donors (Lipinski definition) is 0. The standard InChI is InChI=1S/C47H56N2O/c1-8-9-24-50-47-18-16-45(17-19-47)49(32-40-13-11-15-42(30-40)44-27-35(4)38(7)36(5)28-44)46-20-22-48(23-21-46)31-39-12-10-14-41(29-39)43-25-33(2)37(6)34(3)26-43/h10-19,25-30,46H,8-9,20-24,31-32H2,1-7H3. The van der Waals surface area contributed by atoms with Crippen LogP contribution in [0.3, 0.4) is 0 Å². The Bertz CT molecular complexity index is 1850. The number of unbranched alkanes of at least 4 members (excludes halogenated alkanes) is 1. The van der Waals surface area contributed by atoms with Crippen LogP contribution in [0.4, 0.5) is 5.69 Å². The van der Waals surface area contributed by atoms with Crippen LogP contribution in [-0.2, 0) is 13.1 Å². The van der Waals surface area contributed by atoms with Gasteiger partial charge in [-0.25, -0.2) is 0 Å². The summed E-state index contributed by atoms with van der Waals surface area (Å²) < 4.78 is 6.04. The minimum absolute atomic E-state index is 0.468. The van der Waals surface area contributed by atoms with Gasteiger partial charge in [0.15, 0.2) is 0 Å². The van der Waals surface area contributed by atoms with Gasteiger partial charge in [-0.15, -0.1) is 0 Å². The van der Waals surface area contributed by atoms with Gasteiger partial charge in [0.2, 0.25) is 0 Å². The second-order valence-corrected chi connectivity index (χ2v) is 14.7. The van der Waals surface area contributed by atoms with E-state index in [1.807, 2.05) is 0 Å². The summed E-state index contributed by atoms with van der Waals surface area (Å²) in [6, 6.07) is 37.0. The fourth-order valence-corrected chi connectivity index (χ4v) is 7.45. The second kappa shape index (κ2) is 16.1. The number of rotatable bonds is 12. The summed E-state index contributed by atoms with van der Waals surface area (Å²) in [6.07, 6.45) is 4.50. The lowest BCUT2D eigenvalue weighted by Crippen LogP contribution is -2.44. The predicted octanol–water partition coefficient (Wildman–Crippen LogP) is 11.7. The van der Waals surface area contributed by atoms with Crippen LogP contribution in [-0.4, -0.2) is 30.6 Å². The normalized spacial score (nSPS) is 13.8. The molecule has 5 aromatic rings. The highest BCUT2D eigenvalue weighted by Crippen LogP contribution is 2.32. The number of benzene rings is 5. The monoisotopic (exact) mass is 664 g/mol. The minimum Gasteiger partial charge on any atom is -0.494 e. The van der Waals surface area contributed by atoms with E-state index >= 15 is 0 Å². The number of ether oxygens (including phenoxy) is 1. The van der Waals surface area contributed by atoms with Gasteiger partial charge in [-0.1, -0.05) is 74.0 Å². The zero-order valence-corrected chi connectivity index (χ0v) is 31.5. The molecule has 0 saturated carbocycles. The SMILES string of the molecule is CCCCOc1ccc(N(Cc2cccc(-c3cc(C)c(C)c(C)c3)c2)C2CCN(Cc3cccc(-c4cc(C)c(C)c(C)c4)c3)CC2)cc1. The van der Waals surface area contributed by atoms with Crippen LogP contribution in [0.1, 0.15) is 77.1 Å². The molecule has 0 aromatic heterocycles. The molecule has 3 nitrogen and oxygen atoms in total. The van der Waals surface area contributed by atoms with Gasteiger partial charge in [-0.2, -0.15) is 0 Å². The van der Waals surface area contributed by atoms with Gasteiger partial charge >= 0.3 is 0 Å². The molecule has 0 atom stereocenters. The number of aryl methyl sites for hydroxylation is 4. The van der Waals surface area contributed by atoms with E-state index in [1.54, 1.807) is 0 Å². The van der Waals surface area contributed by atoms with Crippen molar-refractivity contribution in [1.82, 2.24) is 4.90 Å². The van der Waals surface area contributed by atoms with Crippen molar-refractivity contribution in [3.63, 3.8) is 0 Å². The summed E-state index contributed by atoms with van der Waals surface area (Å²) in [5, 5.41) is 0. The van der Waals surface area contributed by atoms with Crippen molar-refractivity contribution in [2.45, 2.75) is 93.3 Å². The highest BCUT2D eigenvalue weighted by molar-refractivity contribution is 5.68. The van der Waals surface area contributed by atoms with Gasteiger partial charge in [-0.05, 0) is 164 Å². The Kier molecular flexibility index (Phi) is 11.4. The quantitative estimate of drug-likeness (QED) is 0.123. The zero-order valence-electron chi connectivity index (χ0n) is 31.5. The van der Waals surface area contributed by atoms with E-state index < -0.39 is 0 Å². The molecule has 1 saturated heterocycles. The number of hydrogen-bond acceptors (Lipinski definition) is 3. The van der Waals surface area contributed by atoms with Gasteiger partial charge in [-0.3, -0.25) is 4.90 Å². The van der Waals surface area contributed by atoms with Crippen molar-refractivity contribution < 1.29 is 4.74 Å². The average Bonchev–Trinajstić information content (AvgIpc) is 3.12. The molecule has 0 unspecified atom stereocenters. The van der Waals surface area contributed by atoms with E-state index in [-0.39, 0.29) is 0 Å². The summed E-state index contributed by atoms with van der Waals surface area (Å²) in [5.41, 5.74) is 17.5. The largest absolute Gasteiger partial charge is 0.494 e. The summed E-state index contributed by atoms with van der Waals surface area (Å²) in [5.74, 6) is 0.960. The van der Waals surface area contributed by atoms with Crippen LogP contribution >= 0.6 is 0 Å². The van der Waals surface area contributed by atoms with Crippen molar-refractivity contribution in [1.29, 1.82) is 0 Å². The van der Waals surface area contributed by atoms with E-state index in [1.165, 1.54) is 72.4 Å². The summed E-state index contributed by atoms with van der Waals surface area (Å²) in [4.78, 5) is 5.30. The van der Waals surface area contributed by atoms with Crippen LogP contribution in [0.5, 0.6) is 5.75 Å². The zero-order chi connectivity index (χ0) is 35.2. The fraction of sp³-hybridized carbons (Fsp3) is 0.362. The van der Waals surface area contributed by atoms with Crippen LogP contribution in [0.15, 0.2) is 97.1 Å². The lowest BCUT2D eigenvalue weighted by molar-refractivity contribution is 0.201. The predicted molar refractivity (Wildman–Crippen MR) is 214 cm³/mol. The average molecular weight is 665 g/mol. The Hall–Kier alpha value is -4.34. The molecule has 1 fully saturated rings. The Morgan fingerprint density at radius 1 is 0.620 bits per heavy atom. The Labute approximate surface area is 301 Å². The van der Waals surface area contributed by atoms with Crippen LogP contribution in [0.2, 0.25) is 0 Å². The molecule has 0 spiro atoms. The number of nitrogens with zero attached hydrogens (tertiary/aromatic N) is 2. The molecule has 0 bridgehead atoms. The third-order valence-electron chi connectivity index (χ3n) is 11.1. The van der Waals surface area contributed by atoms with Crippen molar-refractivity contribution in [2.24, 2.45) is 0 Å². The first-order valence-electron chi connectivity index (χ1n) is 18.7. The first-order valence-corrected chi connectivity index (χ1v) is 18.7. The van der Waals surface area contributed by atoms with Crippen LogP contribution in [0.25, 0.3) is 22.3 Å². The molecule has 1 aliphatic heterocycles. The second-order valence-electron chi connectivity index (χ2n) is 14.7. The van der Waals surface area contributed by atoms with E-state index in [2.05, 4.69) is 155 Å². The molecule has 5 aromatic carbocycles. The van der Waals surface area contributed by atoms with Crippen molar-refractivity contribution in [3.05, 3.63) is 142 Å². The van der Waals surface area contributed by atoms with Gasteiger partial charge in [0, 0.05) is 37.9 Å². The molecule has 0 aliphatic carbocycles. The van der Waals surface area contributed by atoms with Gasteiger partial charge in [0.25, 0.3) is 0 Å². The van der Waals surface area contributed by atoms with Gasteiger partial charge < -0.3 is 9.64 Å². The highest BCUT2D eigenvalue weighted by Gasteiger charge is 2.26. The van der Waals surface area contributed by atoms with Crippen molar-refractivity contribution >= 4 is 5.69 Å². The van der Waals surface area contributed by atoms with Crippen LogP contribution < -0.4 is 9.64 Å². The molecule has 260 valence electrons. The maximum atomic E-state index is 6.04. The van der Waals surface area contributed by atoms with E-state index in [9.17, 15) is 0 Å². The molecule has 0 amide bonds. The van der Waals surface area contributed by atoms with Crippen LogP contribution in [0, 0.1) is 41.5 Å². The third kappa shape index (κ3) is 8.50. The molecular formula is C47H56N2O. The van der Waals surface area contributed by atoms with Gasteiger partial charge in [0.05, 0.1) is 6.61 Å². The molecule has 0 radical (unpaired) electrons. The topological polar surface area (TPSA) is 15.7 Å². The number of anilines is 1. The Morgan fingerprint density at radius 3 is 1.68 bits per heavy atom. The molecule has 0 N–H and O–H groups in total. The van der Waals surface area contributed by atoms with Crippen molar-refractivity contribution in [2.75, 3.05) is 24.6 Å². The Morgan fingerprint density at radius 2 is 1.14 bits per heavy atom. The summed E-state index contributed by atoms with van der Waals surface area (Å²) in [7, 11) is 0. The lowest BCUT2D eigenvalue weighted by atomic mass is 9.95. The van der Waals surface area contributed by atoms with E-state index in [0.29, 0.717) is 6.04 Å². The highest BCUT2D eigenvalue weighted by atomic mass is 16.5. The molecule has 6 rings (SSSR count). The smallest absolute Gasteiger partial charge is 0.119 e. The summed E-state index contributed by atoms with van der Waals surface area (Å²) in [6.45, 7) is 20.4. The minimum atomic E-state index is 0.468. The summed E-state index contributed by atoms with van der Waals surface area (Å²) >= 11 is 0. The van der Waals surface area contributed by atoms with E-state index in [0.717, 1.165) is 64.2 Å². The van der Waals surface area contributed by atoms with Crippen molar-refractivity contribution in [3.8, 4) is 28.0 Å². The fourth-order valence-electron chi connectivity index (χ4n) is 7.45. The molecule has 50 heavy (non-hydrogen) atoms. The lowest BCUT2D eigenvalue weighted by Gasteiger charge is -2.40. The molecular weight excluding hydrogens is 609 g/mol. The maximum absolute atomic E-state index is 6.04. The third-order valence-corrected chi connectivity index (χ3v) is 11.1. The number of likely N-dealkylation sites (tertiary alicyclic amines) is 1. The van der Waals surface area contributed by atoms with Gasteiger partial charge in [0.1, 0.15) is 5.75 Å². The molecule has 1 aliphatic rings. The first-order chi connectivity index (χ1) is 24.2. The maximum Gasteiger partial charge on any atom is 0.119 e. The van der Waals surface area contributed by atoms with E-state index in [4.69, 9.17) is 4.74 Å². The first kappa shape index (κ1) is 35.5. The molecule has 1 heterocycles. The number of piperidine rings is 1.